The van der Waals surface area contributed by atoms with Crippen molar-refractivity contribution in [1.82, 2.24) is 0 Å². The van der Waals surface area contributed by atoms with Crippen LogP contribution in [0.1, 0.15) is 26.3 Å². The van der Waals surface area contributed by atoms with Gasteiger partial charge in [-0.1, -0.05) is 26.8 Å². The Hall–Kier alpha value is -2.30. The molecule has 0 saturated heterocycles. The predicted molar refractivity (Wildman–Crippen MR) is 80.5 cm³/mol. The smallest absolute Gasteiger partial charge is 0.363 e. The van der Waals surface area contributed by atoms with Crippen LogP contribution < -0.4 is 9.47 Å². The SMILES string of the molecule is COc1ccc(C=C2N=C(C(C)(C)C)OC2=O)cc1OC. The molecule has 1 aliphatic heterocycles. The number of hydrogen-bond acceptors (Lipinski definition) is 5. The maximum atomic E-state index is 11.9. The molecular weight excluding hydrogens is 270 g/mol. The molecular formula is C16H19NO4. The summed E-state index contributed by atoms with van der Waals surface area (Å²) in [5, 5.41) is 0. The first-order valence-corrected chi connectivity index (χ1v) is 6.60. The van der Waals surface area contributed by atoms with E-state index >= 15 is 0 Å². The number of ether oxygens (including phenoxy) is 3. The minimum Gasteiger partial charge on any atom is -0.493 e. The number of carbonyl (C=O) groups excluding carboxylic acids is 1. The number of nitrogens with zero attached hydrogens (tertiary/aromatic N) is 1. The zero-order chi connectivity index (χ0) is 15.6. The Morgan fingerprint density at radius 2 is 1.81 bits per heavy atom. The number of esters is 1. The maximum Gasteiger partial charge on any atom is 0.363 e. The van der Waals surface area contributed by atoms with E-state index in [4.69, 9.17) is 14.2 Å². The Morgan fingerprint density at radius 3 is 2.33 bits per heavy atom. The zero-order valence-electron chi connectivity index (χ0n) is 12.9. The van der Waals surface area contributed by atoms with Crippen LogP contribution >= 0.6 is 0 Å². The summed E-state index contributed by atoms with van der Waals surface area (Å²) >= 11 is 0. The fourth-order valence-corrected chi connectivity index (χ4v) is 1.83. The van der Waals surface area contributed by atoms with Gasteiger partial charge in [0, 0.05) is 5.41 Å². The van der Waals surface area contributed by atoms with E-state index in [2.05, 4.69) is 4.99 Å². The Balaban J connectivity index is 2.36. The van der Waals surface area contributed by atoms with Gasteiger partial charge in [-0.15, -0.1) is 0 Å². The van der Waals surface area contributed by atoms with E-state index < -0.39 is 5.97 Å². The molecule has 0 aliphatic carbocycles. The molecule has 112 valence electrons. The van der Waals surface area contributed by atoms with Gasteiger partial charge in [0.05, 0.1) is 14.2 Å². The maximum absolute atomic E-state index is 11.9. The minimum atomic E-state index is -0.435. The van der Waals surface area contributed by atoms with E-state index in [0.29, 0.717) is 17.4 Å². The number of hydrogen-bond donors (Lipinski definition) is 0. The van der Waals surface area contributed by atoms with Crippen LogP contribution in [0.5, 0.6) is 11.5 Å². The number of methoxy groups -OCH3 is 2. The van der Waals surface area contributed by atoms with Crippen LogP contribution in [0.4, 0.5) is 0 Å². The number of rotatable bonds is 3. The summed E-state index contributed by atoms with van der Waals surface area (Å²) in [7, 11) is 3.14. The predicted octanol–water partition coefficient (Wildman–Crippen LogP) is 3.05. The molecule has 0 saturated carbocycles. The molecule has 0 fully saturated rings. The first kappa shape index (κ1) is 15.1. The van der Waals surface area contributed by atoms with Gasteiger partial charge in [-0.25, -0.2) is 9.79 Å². The summed E-state index contributed by atoms with van der Waals surface area (Å²) in [5.74, 6) is 1.22. The Kier molecular flexibility index (Phi) is 4.02. The van der Waals surface area contributed by atoms with Gasteiger partial charge in [-0.3, -0.25) is 0 Å². The molecule has 0 radical (unpaired) electrons. The fraction of sp³-hybridized carbons (Fsp3) is 0.375. The second-order valence-corrected chi connectivity index (χ2v) is 5.70. The highest BCUT2D eigenvalue weighted by atomic mass is 16.6. The van der Waals surface area contributed by atoms with Crippen molar-refractivity contribution in [2.24, 2.45) is 10.4 Å². The molecule has 0 aromatic heterocycles. The molecule has 21 heavy (non-hydrogen) atoms. The Labute approximate surface area is 124 Å². The first-order valence-electron chi connectivity index (χ1n) is 6.60. The lowest BCUT2D eigenvalue weighted by Crippen LogP contribution is -2.21. The lowest BCUT2D eigenvalue weighted by Gasteiger charge is -2.15. The molecule has 1 aromatic rings. The van der Waals surface area contributed by atoms with Gasteiger partial charge in [0.2, 0.25) is 5.90 Å². The van der Waals surface area contributed by atoms with Crippen molar-refractivity contribution in [3.05, 3.63) is 29.5 Å². The summed E-state index contributed by atoms with van der Waals surface area (Å²) < 4.78 is 15.6. The topological polar surface area (TPSA) is 57.1 Å². The molecule has 2 rings (SSSR count). The zero-order valence-corrected chi connectivity index (χ0v) is 12.9. The molecule has 0 bridgehead atoms. The van der Waals surface area contributed by atoms with Crippen molar-refractivity contribution in [3.63, 3.8) is 0 Å². The summed E-state index contributed by atoms with van der Waals surface area (Å²) in [6.45, 7) is 5.83. The van der Waals surface area contributed by atoms with Gasteiger partial charge in [0.1, 0.15) is 0 Å². The Morgan fingerprint density at radius 1 is 1.14 bits per heavy atom. The van der Waals surface area contributed by atoms with Crippen molar-refractivity contribution in [2.75, 3.05) is 14.2 Å². The summed E-state index contributed by atoms with van der Waals surface area (Å²) in [6.07, 6.45) is 1.67. The molecule has 0 spiro atoms. The van der Waals surface area contributed by atoms with Crippen LogP contribution in [0.25, 0.3) is 6.08 Å². The molecule has 1 aliphatic rings. The first-order chi connectivity index (χ1) is 9.85. The van der Waals surface area contributed by atoms with Gasteiger partial charge in [0.25, 0.3) is 0 Å². The lowest BCUT2D eigenvalue weighted by molar-refractivity contribution is -0.130. The Bertz CT molecular complexity index is 624. The number of benzene rings is 1. The van der Waals surface area contributed by atoms with Gasteiger partial charge in [0.15, 0.2) is 17.2 Å². The third-order valence-electron chi connectivity index (χ3n) is 2.97. The fourth-order valence-electron chi connectivity index (χ4n) is 1.83. The third-order valence-corrected chi connectivity index (χ3v) is 2.97. The summed E-state index contributed by atoms with van der Waals surface area (Å²) in [4.78, 5) is 16.1. The summed E-state index contributed by atoms with van der Waals surface area (Å²) in [5.41, 5.74) is 0.772. The monoisotopic (exact) mass is 289 g/mol. The van der Waals surface area contributed by atoms with Gasteiger partial charge < -0.3 is 14.2 Å². The largest absolute Gasteiger partial charge is 0.493 e. The second-order valence-electron chi connectivity index (χ2n) is 5.70. The third kappa shape index (κ3) is 3.24. The van der Waals surface area contributed by atoms with Crippen LogP contribution in [0.3, 0.4) is 0 Å². The van der Waals surface area contributed by atoms with Crippen LogP contribution in [-0.2, 0) is 9.53 Å². The van der Waals surface area contributed by atoms with E-state index in [1.807, 2.05) is 26.8 Å². The second kappa shape index (κ2) is 5.60. The molecule has 1 heterocycles. The number of carbonyl (C=O) groups is 1. The van der Waals surface area contributed by atoms with Crippen LogP contribution in [0.2, 0.25) is 0 Å². The highest BCUT2D eigenvalue weighted by molar-refractivity contribution is 6.08. The number of aliphatic imine (C=N–C) groups is 1. The summed E-state index contributed by atoms with van der Waals surface area (Å²) in [6, 6.07) is 5.38. The van der Waals surface area contributed by atoms with E-state index in [9.17, 15) is 4.79 Å². The molecule has 1 aromatic carbocycles. The quantitative estimate of drug-likeness (QED) is 0.634. The van der Waals surface area contributed by atoms with E-state index in [1.54, 1.807) is 32.4 Å². The van der Waals surface area contributed by atoms with Gasteiger partial charge >= 0.3 is 5.97 Å². The number of cyclic esters (lactones) is 1. The minimum absolute atomic E-state index is 0.284. The van der Waals surface area contributed by atoms with Gasteiger partial charge in [-0.05, 0) is 23.8 Å². The molecule has 5 heteroatoms. The highest BCUT2D eigenvalue weighted by Crippen LogP contribution is 2.30. The standard InChI is InChI=1S/C16H19NO4/c1-16(2,3)15-17-11(14(18)21-15)8-10-6-7-12(19-4)13(9-10)20-5/h6-9H,1-5H3. The molecule has 0 amide bonds. The molecule has 0 N–H and O–H groups in total. The molecule has 0 atom stereocenters. The van der Waals surface area contributed by atoms with Crippen molar-refractivity contribution >= 4 is 17.9 Å². The van der Waals surface area contributed by atoms with Crippen LogP contribution in [0, 0.1) is 5.41 Å². The normalized spacial score (nSPS) is 16.7. The molecule has 0 unspecified atom stereocenters. The van der Waals surface area contributed by atoms with E-state index in [0.717, 1.165) is 5.56 Å². The van der Waals surface area contributed by atoms with Crippen molar-refractivity contribution in [3.8, 4) is 11.5 Å². The highest BCUT2D eigenvalue weighted by Gasteiger charge is 2.31. The van der Waals surface area contributed by atoms with Crippen molar-refractivity contribution in [2.45, 2.75) is 20.8 Å². The van der Waals surface area contributed by atoms with Crippen molar-refractivity contribution in [1.29, 1.82) is 0 Å². The average Bonchev–Trinajstić information content (AvgIpc) is 2.80. The van der Waals surface area contributed by atoms with E-state index in [1.165, 1.54) is 0 Å². The lowest BCUT2D eigenvalue weighted by atomic mass is 9.97. The van der Waals surface area contributed by atoms with Crippen molar-refractivity contribution < 1.29 is 19.0 Å². The van der Waals surface area contributed by atoms with Crippen LogP contribution in [-0.4, -0.2) is 26.1 Å². The van der Waals surface area contributed by atoms with E-state index in [-0.39, 0.29) is 11.1 Å². The average molecular weight is 289 g/mol. The van der Waals surface area contributed by atoms with Crippen LogP contribution in [0.15, 0.2) is 28.9 Å². The molecule has 5 nitrogen and oxygen atoms in total. The van der Waals surface area contributed by atoms with Gasteiger partial charge in [-0.2, -0.15) is 0 Å².